The number of ether oxygens (including phenoxy) is 4. The highest BCUT2D eigenvalue weighted by atomic mass is 16.6. The van der Waals surface area contributed by atoms with E-state index >= 15 is 0 Å². The normalized spacial score (nSPS) is 40.3. The molecule has 1 aromatic heterocycles. The van der Waals surface area contributed by atoms with E-state index in [2.05, 4.69) is 6.58 Å². The first-order valence-electron chi connectivity index (χ1n) is 13.1. The molecule has 8 atom stereocenters. The van der Waals surface area contributed by atoms with Gasteiger partial charge in [-0.05, 0) is 30.4 Å². The molecule has 1 spiro atoms. The Bertz CT molecular complexity index is 1200. The Hall–Kier alpha value is -2.94. The van der Waals surface area contributed by atoms with Crippen LogP contribution in [0.3, 0.4) is 0 Å². The van der Waals surface area contributed by atoms with Crippen molar-refractivity contribution in [3.8, 4) is 0 Å². The topological polar surface area (TPSA) is 118 Å². The molecule has 9 nitrogen and oxygen atoms in total. The van der Waals surface area contributed by atoms with Crippen LogP contribution >= 0.6 is 0 Å². The van der Waals surface area contributed by atoms with Crippen molar-refractivity contribution in [2.45, 2.75) is 84.2 Å². The Morgan fingerprint density at radius 2 is 1.89 bits per heavy atom. The zero-order valence-corrected chi connectivity index (χ0v) is 22.8. The molecule has 2 bridgehead atoms. The predicted molar refractivity (Wildman–Crippen MR) is 132 cm³/mol. The number of hydrogen-bond donors (Lipinski definition) is 0. The Labute approximate surface area is 222 Å². The van der Waals surface area contributed by atoms with Crippen molar-refractivity contribution in [3.63, 3.8) is 0 Å². The first kappa shape index (κ1) is 26.7. The summed E-state index contributed by atoms with van der Waals surface area (Å²) in [5, 5.41) is 0. The molecule has 2 saturated carbocycles. The summed E-state index contributed by atoms with van der Waals surface area (Å²) in [6.07, 6.45) is 1.93. The lowest BCUT2D eigenvalue weighted by Gasteiger charge is -2.70. The fraction of sp³-hybridized carbons (Fsp3) is 0.655. The van der Waals surface area contributed by atoms with Gasteiger partial charge in [-0.1, -0.05) is 34.3 Å². The van der Waals surface area contributed by atoms with E-state index in [4.69, 9.17) is 23.4 Å². The summed E-state index contributed by atoms with van der Waals surface area (Å²) in [4.78, 5) is 52.0. The number of hydrogen-bond acceptors (Lipinski definition) is 9. The van der Waals surface area contributed by atoms with Gasteiger partial charge < -0.3 is 23.4 Å². The molecule has 2 aliphatic heterocycles. The first-order valence-corrected chi connectivity index (χ1v) is 13.1. The molecule has 2 aliphatic carbocycles. The second-order valence-corrected chi connectivity index (χ2v) is 12.3. The maximum absolute atomic E-state index is 13.7. The minimum Gasteiger partial charge on any atom is -0.472 e. The standard InChI is InChI=1S/C29H36O9/c1-15-18-8-10-27(5)24(17-9-11-35-14-17)37-21(32)13-29(15,27)38-20-12-19(31)26(3,4)23(28(18,20)6)22(25(33)34-7)36-16(2)30/h9,11,14,18,20,22-24H,1,8,10,12-13H2,2-7H3/t18-,20-,22?,23-,24-,27-,28-,29-/m0/s1. The molecule has 2 saturated heterocycles. The van der Waals surface area contributed by atoms with Gasteiger partial charge in [-0.2, -0.15) is 0 Å². The quantitative estimate of drug-likeness (QED) is 0.323. The van der Waals surface area contributed by atoms with Crippen LogP contribution in [0.4, 0.5) is 0 Å². The zero-order valence-electron chi connectivity index (χ0n) is 22.8. The molecular weight excluding hydrogens is 492 g/mol. The number of fused-ring (bicyclic) bond motifs is 3. The van der Waals surface area contributed by atoms with Crippen LogP contribution in [-0.2, 0) is 38.1 Å². The third-order valence-corrected chi connectivity index (χ3v) is 10.2. The summed E-state index contributed by atoms with van der Waals surface area (Å²) in [5.74, 6) is -2.85. The lowest BCUT2D eigenvalue weighted by atomic mass is 9.41. The minimum atomic E-state index is -1.31. The van der Waals surface area contributed by atoms with Crippen molar-refractivity contribution < 1.29 is 42.5 Å². The van der Waals surface area contributed by atoms with Gasteiger partial charge in [-0.15, -0.1) is 0 Å². The van der Waals surface area contributed by atoms with Gasteiger partial charge in [0.25, 0.3) is 0 Å². The predicted octanol–water partition coefficient (Wildman–Crippen LogP) is 4.10. The summed E-state index contributed by atoms with van der Waals surface area (Å²) >= 11 is 0. The molecule has 4 fully saturated rings. The number of ketones is 1. The Balaban J connectivity index is 1.66. The van der Waals surface area contributed by atoms with Crippen molar-refractivity contribution in [2.24, 2.45) is 28.1 Å². The van der Waals surface area contributed by atoms with E-state index in [0.29, 0.717) is 12.8 Å². The molecular formula is C29H36O9. The number of methoxy groups -OCH3 is 1. The fourth-order valence-electron chi connectivity index (χ4n) is 8.34. The molecule has 5 rings (SSSR count). The largest absolute Gasteiger partial charge is 0.472 e. The molecule has 0 amide bonds. The van der Waals surface area contributed by atoms with E-state index in [9.17, 15) is 19.2 Å². The smallest absolute Gasteiger partial charge is 0.347 e. The summed E-state index contributed by atoms with van der Waals surface area (Å²) in [5.41, 5.74) is -2.10. The maximum atomic E-state index is 13.7. The van der Waals surface area contributed by atoms with Gasteiger partial charge >= 0.3 is 17.9 Å². The number of carbonyl (C=O) groups is 4. The molecule has 1 unspecified atom stereocenters. The molecule has 9 heteroatoms. The van der Waals surface area contributed by atoms with Gasteiger partial charge in [0.05, 0.1) is 32.2 Å². The van der Waals surface area contributed by atoms with E-state index in [-0.39, 0.29) is 24.5 Å². The third-order valence-electron chi connectivity index (χ3n) is 10.2. The van der Waals surface area contributed by atoms with Crippen molar-refractivity contribution in [1.82, 2.24) is 0 Å². The number of furan rings is 1. The van der Waals surface area contributed by atoms with Crippen molar-refractivity contribution in [2.75, 3.05) is 7.11 Å². The van der Waals surface area contributed by atoms with Crippen LogP contribution in [0.2, 0.25) is 0 Å². The van der Waals surface area contributed by atoms with Gasteiger partial charge in [0, 0.05) is 41.1 Å². The molecule has 0 aromatic carbocycles. The minimum absolute atomic E-state index is 0.0214. The van der Waals surface area contributed by atoms with E-state index in [1.807, 2.05) is 13.8 Å². The fourth-order valence-corrected chi connectivity index (χ4v) is 8.34. The lowest BCUT2D eigenvalue weighted by Crippen LogP contribution is -2.74. The second kappa shape index (κ2) is 8.53. The molecule has 0 N–H and O–H groups in total. The maximum Gasteiger partial charge on any atom is 0.347 e. The number of carbonyl (C=O) groups excluding carboxylic acids is 4. The third kappa shape index (κ3) is 3.33. The van der Waals surface area contributed by atoms with Crippen molar-refractivity contribution >= 4 is 23.7 Å². The Morgan fingerprint density at radius 3 is 2.50 bits per heavy atom. The average Bonchev–Trinajstić information content (AvgIpc) is 3.36. The number of cyclic esters (lactones) is 1. The Kier molecular flexibility index (Phi) is 5.98. The summed E-state index contributed by atoms with van der Waals surface area (Å²) in [7, 11) is 1.23. The second-order valence-electron chi connectivity index (χ2n) is 12.3. The van der Waals surface area contributed by atoms with Crippen LogP contribution in [0.5, 0.6) is 0 Å². The SMILES string of the molecule is C=C1[C@@H]2CC[C@@]3(C)[C@H](c4ccoc4)OC(=O)C[C@]13O[C@H]1CC(=O)C(C)(C)[C@H](C(OC(C)=O)C(=O)OC)[C@]12C. The van der Waals surface area contributed by atoms with E-state index < -0.39 is 64.0 Å². The number of Topliss-reactive ketones (excluding diaryl/α,β-unsaturated/α-hetero) is 1. The monoisotopic (exact) mass is 528 g/mol. The van der Waals surface area contributed by atoms with Gasteiger partial charge in [0.1, 0.15) is 17.5 Å². The molecule has 206 valence electrons. The van der Waals surface area contributed by atoms with Gasteiger partial charge in [0.15, 0.2) is 0 Å². The van der Waals surface area contributed by atoms with Crippen LogP contribution in [-0.4, -0.2) is 48.6 Å². The van der Waals surface area contributed by atoms with Gasteiger partial charge in [-0.3, -0.25) is 14.4 Å². The van der Waals surface area contributed by atoms with Crippen LogP contribution in [0.25, 0.3) is 0 Å². The first-order chi connectivity index (χ1) is 17.7. The number of rotatable bonds is 4. The van der Waals surface area contributed by atoms with Crippen LogP contribution in [0, 0.1) is 28.1 Å². The highest BCUT2D eigenvalue weighted by molar-refractivity contribution is 5.89. The van der Waals surface area contributed by atoms with Crippen molar-refractivity contribution in [3.05, 3.63) is 36.3 Å². The molecule has 38 heavy (non-hydrogen) atoms. The molecule has 0 radical (unpaired) electrons. The average molecular weight is 529 g/mol. The van der Waals surface area contributed by atoms with E-state index in [1.54, 1.807) is 32.4 Å². The highest BCUT2D eigenvalue weighted by Crippen LogP contribution is 2.71. The Morgan fingerprint density at radius 1 is 1.18 bits per heavy atom. The lowest BCUT2D eigenvalue weighted by molar-refractivity contribution is -0.303. The molecule has 1 aromatic rings. The van der Waals surface area contributed by atoms with Gasteiger partial charge in [-0.25, -0.2) is 4.79 Å². The summed E-state index contributed by atoms with van der Waals surface area (Å²) < 4.78 is 28.8. The summed E-state index contributed by atoms with van der Waals surface area (Å²) in [6.45, 7) is 13.4. The van der Waals surface area contributed by atoms with E-state index in [1.165, 1.54) is 14.0 Å². The molecule has 3 heterocycles. The van der Waals surface area contributed by atoms with Crippen LogP contribution in [0.15, 0.2) is 35.2 Å². The van der Waals surface area contributed by atoms with Gasteiger partial charge in [0.2, 0.25) is 6.10 Å². The molecule has 4 aliphatic rings. The van der Waals surface area contributed by atoms with Crippen LogP contribution < -0.4 is 0 Å². The highest BCUT2D eigenvalue weighted by Gasteiger charge is 2.74. The zero-order chi connectivity index (χ0) is 27.8. The summed E-state index contributed by atoms with van der Waals surface area (Å²) in [6, 6.07) is 1.78. The number of esters is 3. The van der Waals surface area contributed by atoms with E-state index in [0.717, 1.165) is 11.1 Å². The van der Waals surface area contributed by atoms with Crippen molar-refractivity contribution in [1.29, 1.82) is 0 Å². The van der Waals surface area contributed by atoms with Crippen LogP contribution in [0.1, 0.15) is 72.0 Å².